The first-order valence-corrected chi connectivity index (χ1v) is 7.50. The summed E-state index contributed by atoms with van der Waals surface area (Å²) in [4.78, 5) is 0. The van der Waals surface area contributed by atoms with Crippen molar-refractivity contribution in [2.75, 3.05) is 11.5 Å². The van der Waals surface area contributed by atoms with Crippen LogP contribution in [0.2, 0.25) is 0 Å². The van der Waals surface area contributed by atoms with Gasteiger partial charge in [0, 0.05) is 0 Å². The minimum Gasteiger partial charge on any atom is -0.389 e. The van der Waals surface area contributed by atoms with E-state index in [9.17, 15) is 5.11 Å². The number of rotatable bonds is 5. The number of hydrogen-bond donors (Lipinski definition) is 1. The molecule has 1 rings (SSSR count). The van der Waals surface area contributed by atoms with Gasteiger partial charge in [0.25, 0.3) is 0 Å². The highest BCUT2D eigenvalue weighted by molar-refractivity contribution is 8.17. The Balaban J connectivity index is 2.04. The van der Waals surface area contributed by atoms with Gasteiger partial charge < -0.3 is 5.11 Å². The van der Waals surface area contributed by atoms with Crippen LogP contribution in [0.5, 0.6) is 0 Å². The molecule has 0 aliphatic carbocycles. The summed E-state index contributed by atoms with van der Waals surface area (Å²) in [5, 5.41) is 9.30. The Morgan fingerprint density at radius 1 is 1.43 bits per heavy atom. The first kappa shape index (κ1) is 12.5. The Bertz CT molecular complexity index is 165. The Kier molecular flexibility index (Phi) is 6.82. The SMILES string of the molecule is CCC(O)/C=C/CCC1SCCCS1. The molecule has 1 aliphatic rings. The molecule has 0 aromatic carbocycles. The molecular weight excluding hydrogens is 212 g/mol. The monoisotopic (exact) mass is 232 g/mol. The molecular formula is C11H20OS2. The van der Waals surface area contributed by atoms with Gasteiger partial charge in [0.05, 0.1) is 10.7 Å². The third kappa shape index (κ3) is 5.32. The molecule has 1 fully saturated rings. The Labute approximate surface area is 95.7 Å². The van der Waals surface area contributed by atoms with E-state index in [0.717, 1.165) is 17.4 Å². The lowest BCUT2D eigenvalue weighted by Crippen LogP contribution is -2.06. The van der Waals surface area contributed by atoms with Crippen LogP contribution in [0.25, 0.3) is 0 Å². The average molecular weight is 232 g/mol. The maximum Gasteiger partial charge on any atom is 0.0718 e. The lowest BCUT2D eigenvalue weighted by molar-refractivity contribution is 0.219. The summed E-state index contributed by atoms with van der Waals surface area (Å²) in [6.07, 6.45) is 8.38. The van der Waals surface area contributed by atoms with E-state index in [1.807, 2.05) is 13.0 Å². The van der Waals surface area contributed by atoms with E-state index < -0.39 is 0 Å². The van der Waals surface area contributed by atoms with Crippen LogP contribution in [0.4, 0.5) is 0 Å². The first-order chi connectivity index (χ1) is 6.83. The molecule has 0 spiro atoms. The summed E-state index contributed by atoms with van der Waals surface area (Å²) in [6, 6.07) is 0. The topological polar surface area (TPSA) is 20.2 Å². The zero-order valence-corrected chi connectivity index (χ0v) is 10.4. The fourth-order valence-corrected chi connectivity index (χ4v) is 4.22. The normalized spacial score (nSPS) is 21.6. The number of aliphatic hydroxyl groups excluding tert-OH is 1. The second kappa shape index (κ2) is 7.66. The van der Waals surface area contributed by atoms with Crippen LogP contribution in [0.15, 0.2) is 12.2 Å². The molecule has 0 aromatic heterocycles. The van der Waals surface area contributed by atoms with Gasteiger partial charge in [-0.05, 0) is 37.2 Å². The minimum absolute atomic E-state index is 0.235. The maximum atomic E-state index is 9.30. The highest BCUT2D eigenvalue weighted by Gasteiger charge is 2.12. The van der Waals surface area contributed by atoms with Crippen LogP contribution in [0.1, 0.15) is 32.6 Å². The molecule has 1 aliphatic heterocycles. The van der Waals surface area contributed by atoms with E-state index in [-0.39, 0.29) is 6.10 Å². The predicted octanol–water partition coefficient (Wildman–Crippen LogP) is 3.29. The lowest BCUT2D eigenvalue weighted by Gasteiger charge is -2.19. The largest absolute Gasteiger partial charge is 0.389 e. The molecule has 0 aromatic rings. The van der Waals surface area contributed by atoms with Crippen LogP contribution in [0, 0.1) is 0 Å². The Morgan fingerprint density at radius 2 is 2.14 bits per heavy atom. The number of allylic oxidation sites excluding steroid dienone is 1. The molecule has 0 radical (unpaired) electrons. The lowest BCUT2D eigenvalue weighted by atomic mass is 10.2. The molecule has 0 saturated carbocycles. The quantitative estimate of drug-likeness (QED) is 0.735. The van der Waals surface area contributed by atoms with Gasteiger partial charge in [0.15, 0.2) is 0 Å². The summed E-state index contributed by atoms with van der Waals surface area (Å²) in [5.41, 5.74) is 0. The van der Waals surface area contributed by atoms with E-state index in [2.05, 4.69) is 29.6 Å². The van der Waals surface area contributed by atoms with E-state index in [0.29, 0.717) is 0 Å². The smallest absolute Gasteiger partial charge is 0.0718 e. The van der Waals surface area contributed by atoms with Crippen molar-refractivity contribution < 1.29 is 5.11 Å². The Morgan fingerprint density at radius 3 is 2.79 bits per heavy atom. The van der Waals surface area contributed by atoms with E-state index in [4.69, 9.17) is 0 Å². The minimum atomic E-state index is -0.235. The molecule has 0 bridgehead atoms. The molecule has 1 atom stereocenters. The maximum absolute atomic E-state index is 9.30. The summed E-state index contributed by atoms with van der Waals surface area (Å²) in [7, 11) is 0. The van der Waals surface area contributed by atoms with Gasteiger partial charge in [0.1, 0.15) is 0 Å². The van der Waals surface area contributed by atoms with Crippen molar-refractivity contribution in [1.82, 2.24) is 0 Å². The van der Waals surface area contributed by atoms with Gasteiger partial charge in [-0.2, -0.15) is 0 Å². The first-order valence-electron chi connectivity index (χ1n) is 5.41. The molecule has 1 heterocycles. The highest BCUT2D eigenvalue weighted by atomic mass is 32.2. The van der Waals surface area contributed by atoms with Crippen molar-refractivity contribution in [3.8, 4) is 0 Å². The molecule has 1 N–H and O–H groups in total. The van der Waals surface area contributed by atoms with Crippen LogP contribution >= 0.6 is 23.5 Å². The third-order valence-corrected chi connectivity index (χ3v) is 5.32. The molecule has 1 nitrogen and oxygen atoms in total. The molecule has 14 heavy (non-hydrogen) atoms. The van der Waals surface area contributed by atoms with Gasteiger partial charge in [0.2, 0.25) is 0 Å². The Hall–Kier alpha value is 0.400. The second-order valence-electron chi connectivity index (χ2n) is 3.51. The van der Waals surface area contributed by atoms with Crippen molar-refractivity contribution in [2.45, 2.75) is 43.3 Å². The number of hydrogen-bond acceptors (Lipinski definition) is 3. The zero-order valence-electron chi connectivity index (χ0n) is 8.82. The number of aliphatic hydroxyl groups is 1. The van der Waals surface area contributed by atoms with Crippen LogP contribution in [-0.2, 0) is 0 Å². The van der Waals surface area contributed by atoms with Gasteiger partial charge in [-0.15, -0.1) is 23.5 Å². The summed E-state index contributed by atoms with van der Waals surface area (Å²) in [6.45, 7) is 2.00. The molecule has 1 unspecified atom stereocenters. The third-order valence-electron chi connectivity index (χ3n) is 2.24. The van der Waals surface area contributed by atoms with E-state index in [1.54, 1.807) is 0 Å². The van der Waals surface area contributed by atoms with E-state index in [1.165, 1.54) is 24.3 Å². The highest BCUT2D eigenvalue weighted by Crippen LogP contribution is 2.33. The summed E-state index contributed by atoms with van der Waals surface area (Å²) >= 11 is 4.19. The van der Waals surface area contributed by atoms with Gasteiger partial charge in [-0.3, -0.25) is 0 Å². The standard InChI is InChI=1S/C11H20OS2/c1-2-10(12)6-3-4-7-11-13-8-5-9-14-11/h3,6,10-12H,2,4-5,7-9H2,1H3/b6-3+. The van der Waals surface area contributed by atoms with Gasteiger partial charge in [-0.25, -0.2) is 0 Å². The van der Waals surface area contributed by atoms with Crippen molar-refractivity contribution in [3.05, 3.63) is 12.2 Å². The second-order valence-corrected chi connectivity index (χ2v) is 6.43. The molecule has 0 amide bonds. The predicted molar refractivity (Wildman–Crippen MR) is 68.0 cm³/mol. The van der Waals surface area contributed by atoms with Gasteiger partial charge in [-0.1, -0.05) is 19.1 Å². The average Bonchev–Trinajstić information content (AvgIpc) is 2.25. The van der Waals surface area contributed by atoms with E-state index >= 15 is 0 Å². The zero-order chi connectivity index (χ0) is 10.2. The van der Waals surface area contributed by atoms with Gasteiger partial charge >= 0.3 is 0 Å². The van der Waals surface area contributed by atoms with Crippen molar-refractivity contribution in [2.24, 2.45) is 0 Å². The van der Waals surface area contributed by atoms with Crippen LogP contribution in [-0.4, -0.2) is 27.3 Å². The summed E-state index contributed by atoms with van der Waals surface area (Å²) < 4.78 is 0.798. The van der Waals surface area contributed by atoms with Crippen molar-refractivity contribution in [1.29, 1.82) is 0 Å². The summed E-state index contributed by atoms with van der Waals surface area (Å²) in [5.74, 6) is 2.66. The van der Waals surface area contributed by atoms with Crippen LogP contribution in [0.3, 0.4) is 0 Å². The molecule has 3 heteroatoms. The van der Waals surface area contributed by atoms with Crippen LogP contribution < -0.4 is 0 Å². The fourth-order valence-electron chi connectivity index (χ4n) is 1.32. The molecule has 1 saturated heterocycles. The van der Waals surface area contributed by atoms with Crippen molar-refractivity contribution in [3.63, 3.8) is 0 Å². The fraction of sp³-hybridized carbons (Fsp3) is 0.818. The molecule has 82 valence electrons. The van der Waals surface area contributed by atoms with Crippen molar-refractivity contribution >= 4 is 23.5 Å². The number of thioether (sulfide) groups is 2.